The first-order valence-corrected chi connectivity index (χ1v) is 6.16. The Morgan fingerprint density at radius 2 is 2.38 bits per heavy atom. The molecule has 1 aromatic rings. The topological polar surface area (TPSA) is 46.3 Å². The van der Waals surface area contributed by atoms with E-state index in [1.807, 2.05) is 31.4 Å². The fourth-order valence-corrected chi connectivity index (χ4v) is 2.18. The molecule has 4 heteroatoms. The van der Waals surface area contributed by atoms with Crippen LogP contribution in [0.1, 0.15) is 24.8 Å². The minimum Gasteiger partial charge on any atom is -0.335 e. The number of hydrogen-bond donors (Lipinski definition) is 1. The Hall–Kier alpha value is -1.13. The summed E-state index contributed by atoms with van der Waals surface area (Å²) in [5, 5.41) is 1.93. The number of carbonyl (C=O) groups is 1. The molecular formula is C12H18N2OS. The van der Waals surface area contributed by atoms with Crippen LogP contribution < -0.4 is 5.73 Å². The summed E-state index contributed by atoms with van der Waals surface area (Å²) in [6, 6.07) is 3.37. The van der Waals surface area contributed by atoms with Crippen LogP contribution in [0, 0.1) is 0 Å². The standard InChI is InChI=1S/C12H18N2OS/c1-4-7-14(9(2)3)12(15)11(13)10-6-5-8-16-10/h4-6,8-9,11H,1,7,13H2,2-3H3. The normalized spacial score (nSPS) is 12.5. The van der Waals surface area contributed by atoms with Crippen LogP contribution in [0.5, 0.6) is 0 Å². The van der Waals surface area contributed by atoms with E-state index < -0.39 is 6.04 Å². The molecule has 0 bridgehead atoms. The number of thiophene rings is 1. The summed E-state index contributed by atoms with van der Waals surface area (Å²) in [5.74, 6) is -0.0441. The number of rotatable bonds is 5. The van der Waals surface area contributed by atoms with Crippen molar-refractivity contribution in [3.63, 3.8) is 0 Å². The lowest BCUT2D eigenvalue weighted by Gasteiger charge is -2.27. The second-order valence-corrected chi connectivity index (χ2v) is 4.85. The molecule has 0 saturated carbocycles. The molecule has 1 aromatic heterocycles. The highest BCUT2D eigenvalue weighted by Gasteiger charge is 2.24. The largest absolute Gasteiger partial charge is 0.335 e. The van der Waals surface area contributed by atoms with Gasteiger partial charge in [0.05, 0.1) is 0 Å². The van der Waals surface area contributed by atoms with Gasteiger partial charge in [0.2, 0.25) is 5.91 Å². The Morgan fingerprint density at radius 3 is 2.81 bits per heavy atom. The van der Waals surface area contributed by atoms with Crippen molar-refractivity contribution < 1.29 is 4.79 Å². The minimum atomic E-state index is -0.553. The van der Waals surface area contributed by atoms with E-state index in [0.717, 1.165) is 4.88 Å². The zero-order valence-electron chi connectivity index (χ0n) is 9.72. The van der Waals surface area contributed by atoms with Crippen LogP contribution in [0.15, 0.2) is 30.2 Å². The average molecular weight is 238 g/mol. The lowest BCUT2D eigenvalue weighted by Crippen LogP contribution is -2.42. The van der Waals surface area contributed by atoms with E-state index in [1.165, 1.54) is 11.3 Å². The molecular weight excluding hydrogens is 220 g/mol. The van der Waals surface area contributed by atoms with Gasteiger partial charge < -0.3 is 10.6 Å². The van der Waals surface area contributed by atoms with E-state index in [1.54, 1.807) is 11.0 Å². The Kier molecular flexibility index (Phi) is 4.71. The Bertz CT molecular complexity index is 346. The van der Waals surface area contributed by atoms with Crippen LogP contribution in [0.4, 0.5) is 0 Å². The van der Waals surface area contributed by atoms with E-state index in [4.69, 9.17) is 5.73 Å². The van der Waals surface area contributed by atoms with E-state index in [9.17, 15) is 4.79 Å². The molecule has 1 unspecified atom stereocenters. The van der Waals surface area contributed by atoms with Crippen LogP contribution in [0.3, 0.4) is 0 Å². The maximum Gasteiger partial charge on any atom is 0.245 e. The van der Waals surface area contributed by atoms with Gasteiger partial charge in [0, 0.05) is 17.5 Å². The van der Waals surface area contributed by atoms with Crippen molar-refractivity contribution in [1.82, 2.24) is 4.90 Å². The molecule has 0 radical (unpaired) electrons. The third-order valence-electron chi connectivity index (χ3n) is 2.35. The van der Waals surface area contributed by atoms with Gasteiger partial charge in [-0.1, -0.05) is 12.1 Å². The smallest absolute Gasteiger partial charge is 0.245 e. The molecule has 0 fully saturated rings. The van der Waals surface area contributed by atoms with Gasteiger partial charge in [-0.2, -0.15) is 0 Å². The van der Waals surface area contributed by atoms with Gasteiger partial charge in [0.25, 0.3) is 0 Å². The molecule has 88 valence electrons. The molecule has 1 amide bonds. The molecule has 16 heavy (non-hydrogen) atoms. The number of amides is 1. The van der Waals surface area contributed by atoms with Gasteiger partial charge in [-0.3, -0.25) is 4.79 Å². The third kappa shape index (κ3) is 2.93. The van der Waals surface area contributed by atoms with Crippen molar-refractivity contribution in [2.75, 3.05) is 6.54 Å². The van der Waals surface area contributed by atoms with E-state index in [2.05, 4.69) is 6.58 Å². The second kappa shape index (κ2) is 5.82. The molecule has 1 heterocycles. The molecule has 0 aromatic carbocycles. The number of carbonyl (C=O) groups excluding carboxylic acids is 1. The summed E-state index contributed by atoms with van der Waals surface area (Å²) in [7, 11) is 0. The SMILES string of the molecule is C=CCN(C(=O)C(N)c1cccs1)C(C)C. The zero-order valence-corrected chi connectivity index (χ0v) is 10.5. The molecule has 0 aliphatic carbocycles. The quantitative estimate of drug-likeness (QED) is 0.799. The maximum atomic E-state index is 12.1. The molecule has 3 nitrogen and oxygen atoms in total. The highest BCUT2D eigenvalue weighted by atomic mass is 32.1. The molecule has 0 aliphatic rings. The Morgan fingerprint density at radius 1 is 1.69 bits per heavy atom. The summed E-state index contributed by atoms with van der Waals surface area (Å²) in [6.07, 6.45) is 1.72. The van der Waals surface area contributed by atoms with Gasteiger partial charge in [-0.05, 0) is 25.3 Å². The Labute approximate surface area is 101 Å². The van der Waals surface area contributed by atoms with Crippen LogP contribution in [-0.4, -0.2) is 23.4 Å². The molecule has 1 rings (SSSR count). The minimum absolute atomic E-state index is 0.0441. The van der Waals surface area contributed by atoms with Crippen molar-refractivity contribution >= 4 is 17.2 Å². The van der Waals surface area contributed by atoms with Crippen molar-refractivity contribution in [3.8, 4) is 0 Å². The van der Waals surface area contributed by atoms with Crippen LogP contribution in [-0.2, 0) is 4.79 Å². The van der Waals surface area contributed by atoms with Crippen LogP contribution >= 0.6 is 11.3 Å². The molecule has 0 aliphatic heterocycles. The number of nitrogens with two attached hydrogens (primary N) is 1. The zero-order chi connectivity index (χ0) is 12.1. The fraction of sp³-hybridized carbons (Fsp3) is 0.417. The summed E-state index contributed by atoms with van der Waals surface area (Å²) >= 11 is 1.51. The average Bonchev–Trinajstić information content (AvgIpc) is 2.76. The first-order valence-electron chi connectivity index (χ1n) is 5.28. The molecule has 0 spiro atoms. The van der Waals surface area contributed by atoms with Gasteiger partial charge >= 0.3 is 0 Å². The second-order valence-electron chi connectivity index (χ2n) is 3.87. The fourth-order valence-electron chi connectivity index (χ4n) is 1.46. The Balaban J connectivity index is 2.78. The summed E-state index contributed by atoms with van der Waals surface area (Å²) in [4.78, 5) is 14.8. The summed E-state index contributed by atoms with van der Waals surface area (Å²) in [6.45, 7) is 8.14. The monoisotopic (exact) mass is 238 g/mol. The van der Waals surface area contributed by atoms with E-state index in [-0.39, 0.29) is 11.9 Å². The molecule has 0 saturated heterocycles. The highest BCUT2D eigenvalue weighted by Crippen LogP contribution is 2.19. The maximum absolute atomic E-state index is 12.1. The van der Waals surface area contributed by atoms with Crippen molar-refractivity contribution in [2.45, 2.75) is 25.9 Å². The third-order valence-corrected chi connectivity index (χ3v) is 3.30. The number of nitrogens with zero attached hydrogens (tertiary/aromatic N) is 1. The lowest BCUT2D eigenvalue weighted by atomic mass is 10.2. The number of hydrogen-bond acceptors (Lipinski definition) is 3. The van der Waals surface area contributed by atoms with Gasteiger partial charge in [-0.15, -0.1) is 17.9 Å². The van der Waals surface area contributed by atoms with E-state index >= 15 is 0 Å². The summed E-state index contributed by atoms with van der Waals surface area (Å²) in [5.41, 5.74) is 5.94. The molecule has 1 atom stereocenters. The summed E-state index contributed by atoms with van der Waals surface area (Å²) < 4.78 is 0. The van der Waals surface area contributed by atoms with Gasteiger partial charge in [-0.25, -0.2) is 0 Å². The first kappa shape index (κ1) is 12.9. The molecule has 2 N–H and O–H groups in total. The van der Waals surface area contributed by atoms with Gasteiger partial charge in [0.1, 0.15) is 6.04 Å². The van der Waals surface area contributed by atoms with Gasteiger partial charge in [0.15, 0.2) is 0 Å². The highest BCUT2D eigenvalue weighted by molar-refractivity contribution is 7.10. The predicted octanol–water partition coefficient (Wildman–Crippen LogP) is 2.17. The lowest BCUT2D eigenvalue weighted by molar-refractivity contribution is -0.133. The predicted molar refractivity (Wildman–Crippen MR) is 68.3 cm³/mol. The van der Waals surface area contributed by atoms with Crippen molar-refractivity contribution in [1.29, 1.82) is 0 Å². The van der Waals surface area contributed by atoms with Crippen molar-refractivity contribution in [2.24, 2.45) is 5.73 Å². The van der Waals surface area contributed by atoms with Crippen LogP contribution in [0.25, 0.3) is 0 Å². The first-order chi connectivity index (χ1) is 7.57. The van der Waals surface area contributed by atoms with E-state index in [0.29, 0.717) is 6.54 Å². The van der Waals surface area contributed by atoms with Crippen molar-refractivity contribution in [3.05, 3.63) is 35.0 Å². The van der Waals surface area contributed by atoms with Crippen LogP contribution in [0.2, 0.25) is 0 Å².